The molecule has 2 heterocycles. The van der Waals surface area contributed by atoms with Gasteiger partial charge in [-0.2, -0.15) is 0 Å². The highest BCUT2D eigenvalue weighted by Crippen LogP contribution is 2.40. The lowest BCUT2D eigenvalue weighted by Gasteiger charge is -2.28. The zero-order valence-electron chi connectivity index (χ0n) is 32.0. The van der Waals surface area contributed by atoms with Gasteiger partial charge in [0.05, 0.1) is 11.4 Å². The third-order valence-corrected chi connectivity index (χ3v) is 11.5. The zero-order chi connectivity index (χ0) is 39.0. The van der Waals surface area contributed by atoms with Crippen molar-refractivity contribution in [1.82, 2.24) is 15.0 Å². The van der Waals surface area contributed by atoms with E-state index in [2.05, 4.69) is 194 Å². The van der Waals surface area contributed by atoms with Crippen molar-refractivity contribution in [2.24, 2.45) is 5.92 Å². The Morgan fingerprint density at radius 2 is 1.17 bits per heavy atom. The minimum atomic E-state index is 0.227. The average molecular weight is 742 g/mol. The summed E-state index contributed by atoms with van der Waals surface area (Å²) < 4.78 is 0. The topological polar surface area (TPSA) is 38.7 Å². The molecule has 3 nitrogen and oxygen atoms in total. The molecule has 2 aliphatic rings. The number of hydrogen-bond donors (Lipinski definition) is 0. The molecule has 0 bridgehead atoms. The second-order valence-corrected chi connectivity index (χ2v) is 14.9. The Balaban J connectivity index is 1.07. The predicted molar refractivity (Wildman–Crippen MR) is 244 cm³/mol. The van der Waals surface area contributed by atoms with Crippen molar-refractivity contribution in [2.75, 3.05) is 0 Å². The summed E-state index contributed by atoms with van der Waals surface area (Å²) in [5, 5.41) is 4.65. The normalized spacial score (nSPS) is 15.6. The van der Waals surface area contributed by atoms with Gasteiger partial charge in [-0.15, -0.1) is 0 Å². The molecule has 0 saturated carbocycles. The Labute approximate surface area is 339 Å². The summed E-state index contributed by atoms with van der Waals surface area (Å²) in [5.41, 5.74) is 14.0. The van der Waals surface area contributed by atoms with E-state index in [1.54, 1.807) is 0 Å². The first-order valence-electron chi connectivity index (χ1n) is 19.7. The fourth-order valence-electron chi connectivity index (χ4n) is 8.59. The lowest BCUT2D eigenvalue weighted by molar-refractivity contribution is 0.670. The molecule has 0 fully saturated rings. The number of nitrogens with zero attached hydrogens (tertiary/aromatic N) is 3. The molecule has 0 aliphatic heterocycles. The summed E-state index contributed by atoms with van der Waals surface area (Å²) in [7, 11) is 0. The number of pyridine rings is 1. The second-order valence-electron chi connectivity index (χ2n) is 14.9. The van der Waals surface area contributed by atoms with Crippen molar-refractivity contribution in [3.63, 3.8) is 0 Å². The van der Waals surface area contributed by atoms with Gasteiger partial charge in [-0.1, -0.05) is 183 Å². The molecule has 10 rings (SSSR count). The van der Waals surface area contributed by atoms with Crippen molar-refractivity contribution in [3.8, 4) is 56.2 Å². The van der Waals surface area contributed by atoms with Crippen LogP contribution in [0.15, 0.2) is 207 Å². The van der Waals surface area contributed by atoms with Crippen LogP contribution in [0, 0.1) is 5.92 Å². The van der Waals surface area contributed by atoms with E-state index in [1.165, 1.54) is 21.9 Å². The summed E-state index contributed by atoms with van der Waals surface area (Å²) in [6.45, 7) is 8.20. The van der Waals surface area contributed by atoms with Gasteiger partial charge < -0.3 is 0 Å². The SMILES string of the molecule is C=Cc1cc(-c2ccc(-c3cc(-c4ccc(-c5cncc6ccccc56)cc4)nc(-c4cccc(C5C=CC=C6C=CC=CC65)c4)n3)cc2)c2ccccc2c1C=C. The third-order valence-electron chi connectivity index (χ3n) is 11.5. The van der Waals surface area contributed by atoms with Gasteiger partial charge in [0.1, 0.15) is 0 Å². The van der Waals surface area contributed by atoms with Crippen LogP contribution in [-0.2, 0) is 0 Å². The van der Waals surface area contributed by atoms with E-state index in [0.717, 1.165) is 72.2 Å². The number of rotatable bonds is 8. The Bertz CT molecular complexity index is 3030. The van der Waals surface area contributed by atoms with Crippen LogP contribution in [0.4, 0.5) is 0 Å². The molecule has 3 heteroatoms. The highest BCUT2D eigenvalue weighted by Gasteiger charge is 2.25. The second kappa shape index (κ2) is 14.9. The van der Waals surface area contributed by atoms with Gasteiger partial charge in [0.2, 0.25) is 0 Å². The third kappa shape index (κ3) is 6.33. The van der Waals surface area contributed by atoms with Crippen LogP contribution < -0.4 is 0 Å². The Morgan fingerprint density at radius 1 is 0.500 bits per heavy atom. The Morgan fingerprint density at radius 3 is 1.91 bits per heavy atom. The molecule has 274 valence electrons. The summed E-state index contributed by atoms with van der Waals surface area (Å²) >= 11 is 0. The monoisotopic (exact) mass is 741 g/mol. The first-order valence-corrected chi connectivity index (χ1v) is 19.7. The average Bonchev–Trinajstić information content (AvgIpc) is 3.30. The van der Waals surface area contributed by atoms with Crippen molar-refractivity contribution < 1.29 is 0 Å². The van der Waals surface area contributed by atoms with Crippen LogP contribution in [0.1, 0.15) is 22.6 Å². The van der Waals surface area contributed by atoms with Crippen LogP contribution in [0.2, 0.25) is 0 Å². The number of allylic oxidation sites excluding steroid dienone is 8. The van der Waals surface area contributed by atoms with E-state index < -0.39 is 0 Å². The van der Waals surface area contributed by atoms with Crippen LogP contribution in [0.25, 0.3) is 89.9 Å². The number of hydrogen-bond acceptors (Lipinski definition) is 3. The molecular weight excluding hydrogens is 703 g/mol. The quantitative estimate of drug-likeness (QED) is 0.156. The molecule has 0 spiro atoms. The molecule has 6 aromatic carbocycles. The van der Waals surface area contributed by atoms with Gasteiger partial charge >= 0.3 is 0 Å². The lowest BCUT2D eigenvalue weighted by atomic mass is 9.76. The highest BCUT2D eigenvalue weighted by atomic mass is 14.9. The van der Waals surface area contributed by atoms with Crippen molar-refractivity contribution in [3.05, 3.63) is 224 Å². The van der Waals surface area contributed by atoms with Crippen LogP contribution in [0.3, 0.4) is 0 Å². The standard InChI is InChI=1S/C55H39N3/c1-3-36-32-51(50-21-10-9-20-49(50)45(36)4-2)38-23-27-40(28-24-38)53-33-54(41-29-25-39(26-30-41)52-35-56-34-44-14-6-8-19-48(44)52)58-55(57-53)43-17-11-16-42(31-43)47-22-12-15-37-13-5-7-18-46(37)47/h3-35,46-47H,1-2H2. The number of benzene rings is 6. The minimum absolute atomic E-state index is 0.227. The lowest BCUT2D eigenvalue weighted by Crippen LogP contribution is -2.14. The maximum absolute atomic E-state index is 5.27. The summed E-state index contributed by atoms with van der Waals surface area (Å²) in [4.78, 5) is 15.1. The first-order chi connectivity index (χ1) is 28.6. The summed E-state index contributed by atoms with van der Waals surface area (Å²) in [5.74, 6) is 1.22. The van der Waals surface area contributed by atoms with E-state index in [9.17, 15) is 0 Å². The predicted octanol–water partition coefficient (Wildman–Crippen LogP) is 14.1. The summed E-state index contributed by atoms with van der Waals surface area (Å²) in [6.07, 6.45) is 23.2. The van der Waals surface area contributed by atoms with Gasteiger partial charge in [-0.05, 0) is 73.3 Å². The van der Waals surface area contributed by atoms with E-state index in [4.69, 9.17) is 9.97 Å². The number of fused-ring (bicyclic) bond motifs is 3. The maximum atomic E-state index is 5.27. The van der Waals surface area contributed by atoms with E-state index in [0.29, 0.717) is 11.7 Å². The van der Waals surface area contributed by atoms with Crippen molar-refractivity contribution >= 4 is 33.7 Å². The van der Waals surface area contributed by atoms with E-state index >= 15 is 0 Å². The number of aromatic nitrogens is 3. The molecule has 0 radical (unpaired) electrons. The van der Waals surface area contributed by atoms with Gasteiger partial charge in [-0.3, -0.25) is 4.98 Å². The minimum Gasteiger partial charge on any atom is -0.263 e. The molecule has 0 saturated heterocycles. The van der Waals surface area contributed by atoms with Gasteiger partial charge in [-0.25, -0.2) is 9.97 Å². The van der Waals surface area contributed by atoms with Crippen LogP contribution >= 0.6 is 0 Å². The van der Waals surface area contributed by atoms with E-state index in [-0.39, 0.29) is 5.92 Å². The van der Waals surface area contributed by atoms with Gasteiger partial charge in [0.25, 0.3) is 0 Å². The molecular formula is C55H39N3. The molecule has 8 aromatic rings. The fourth-order valence-corrected chi connectivity index (χ4v) is 8.59. The molecule has 2 unspecified atom stereocenters. The van der Waals surface area contributed by atoms with Crippen LogP contribution in [0.5, 0.6) is 0 Å². The largest absolute Gasteiger partial charge is 0.263 e. The van der Waals surface area contributed by atoms with Gasteiger partial charge in [0, 0.05) is 51.9 Å². The molecule has 2 atom stereocenters. The molecule has 2 aliphatic carbocycles. The van der Waals surface area contributed by atoms with E-state index in [1.807, 2.05) is 24.5 Å². The zero-order valence-corrected chi connectivity index (χ0v) is 32.0. The first kappa shape index (κ1) is 35.0. The van der Waals surface area contributed by atoms with Crippen molar-refractivity contribution in [1.29, 1.82) is 0 Å². The molecule has 2 aromatic heterocycles. The fraction of sp³-hybridized carbons (Fsp3) is 0.0364. The molecule has 0 N–H and O–H groups in total. The molecule has 0 amide bonds. The van der Waals surface area contributed by atoms with Crippen molar-refractivity contribution in [2.45, 2.75) is 5.92 Å². The maximum Gasteiger partial charge on any atom is 0.160 e. The van der Waals surface area contributed by atoms with Crippen LogP contribution in [-0.4, -0.2) is 15.0 Å². The highest BCUT2D eigenvalue weighted by molar-refractivity contribution is 6.03. The van der Waals surface area contributed by atoms with Gasteiger partial charge in [0.15, 0.2) is 5.82 Å². The molecule has 58 heavy (non-hydrogen) atoms. The smallest absolute Gasteiger partial charge is 0.160 e. The Hall–Kier alpha value is -7.49. The Kier molecular flexibility index (Phi) is 8.96. The summed E-state index contributed by atoms with van der Waals surface area (Å²) in [6, 6.07) is 47.4.